The highest BCUT2D eigenvalue weighted by Gasteiger charge is 2.22. The fourth-order valence-electron chi connectivity index (χ4n) is 2.51. The van der Waals surface area contributed by atoms with Gasteiger partial charge in [-0.15, -0.1) is 0 Å². The van der Waals surface area contributed by atoms with E-state index >= 15 is 0 Å². The molecule has 3 rings (SSSR count). The van der Waals surface area contributed by atoms with E-state index in [0.29, 0.717) is 10.0 Å². The molecule has 2 aromatic rings. The normalized spacial score (nSPS) is 14.7. The number of alkyl halides is 1. The van der Waals surface area contributed by atoms with Gasteiger partial charge in [0.05, 0.1) is 16.7 Å². The van der Waals surface area contributed by atoms with Crippen molar-refractivity contribution in [2.24, 2.45) is 0 Å². The third-order valence-corrected chi connectivity index (χ3v) is 5.29. The Kier molecular flexibility index (Phi) is 4.70. The molecule has 0 bridgehead atoms. The molecular formula is C16H12BrCl3O. The Labute approximate surface area is 147 Å². The van der Waals surface area contributed by atoms with Gasteiger partial charge in [0.2, 0.25) is 0 Å². The van der Waals surface area contributed by atoms with Gasteiger partial charge in [-0.3, -0.25) is 0 Å². The van der Waals surface area contributed by atoms with Crippen molar-refractivity contribution in [2.45, 2.75) is 17.7 Å². The molecule has 2 aromatic carbocycles. The van der Waals surface area contributed by atoms with Gasteiger partial charge in [0.25, 0.3) is 0 Å². The van der Waals surface area contributed by atoms with Crippen molar-refractivity contribution in [3.05, 3.63) is 62.1 Å². The third-order valence-electron chi connectivity index (χ3n) is 3.51. The van der Waals surface area contributed by atoms with E-state index < -0.39 is 0 Å². The Hall–Kier alpha value is -0.410. The van der Waals surface area contributed by atoms with Gasteiger partial charge < -0.3 is 4.74 Å². The average Bonchev–Trinajstić information content (AvgIpc) is 2.90. The number of hydrogen-bond acceptors (Lipinski definition) is 1. The molecule has 1 aliphatic rings. The zero-order chi connectivity index (χ0) is 15.0. The molecule has 1 heterocycles. The lowest BCUT2D eigenvalue weighted by molar-refractivity contribution is 0.353. The third kappa shape index (κ3) is 3.34. The number of ether oxygens (including phenoxy) is 1. The number of halogens is 4. The van der Waals surface area contributed by atoms with Gasteiger partial charge in [-0.25, -0.2) is 0 Å². The Morgan fingerprint density at radius 3 is 2.67 bits per heavy atom. The van der Waals surface area contributed by atoms with Crippen LogP contribution in [0.3, 0.4) is 0 Å². The molecule has 0 aliphatic carbocycles. The summed E-state index contributed by atoms with van der Waals surface area (Å²) >= 11 is 22.0. The lowest BCUT2D eigenvalue weighted by Crippen LogP contribution is -1.99. The highest BCUT2D eigenvalue weighted by Crippen LogP contribution is 2.41. The van der Waals surface area contributed by atoms with E-state index in [4.69, 9.17) is 39.5 Å². The van der Waals surface area contributed by atoms with Gasteiger partial charge in [0.1, 0.15) is 5.75 Å². The Bertz CT molecular complexity index is 687. The minimum atomic E-state index is 0.111. The highest BCUT2D eigenvalue weighted by molar-refractivity contribution is 9.09. The smallest absolute Gasteiger partial charge is 0.127 e. The maximum absolute atomic E-state index is 6.21. The zero-order valence-electron chi connectivity index (χ0n) is 11.0. The predicted molar refractivity (Wildman–Crippen MR) is 92.5 cm³/mol. The highest BCUT2D eigenvalue weighted by atomic mass is 79.9. The largest absolute Gasteiger partial charge is 0.493 e. The molecule has 5 heteroatoms. The average molecular weight is 407 g/mol. The molecule has 0 amide bonds. The number of benzene rings is 2. The van der Waals surface area contributed by atoms with Crippen LogP contribution in [0.4, 0.5) is 0 Å². The van der Waals surface area contributed by atoms with E-state index in [0.717, 1.165) is 41.3 Å². The number of rotatable bonds is 3. The predicted octanol–water partition coefficient (Wildman–Crippen LogP) is 6.26. The lowest BCUT2D eigenvalue weighted by Gasteiger charge is -2.15. The van der Waals surface area contributed by atoms with Crippen molar-refractivity contribution in [3.8, 4) is 5.75 Å². The lowest BCUT2D eigenvalue weighted by atomic mass is 10.0. The first-order valence-corrected chi connectivity index (χ1v) is 8.62. The molecule has 0 aromatic heterocycles. The minimum Gasteiger partial charge on any atom is -0.493 e. The van der Waals surface area contributed by atoms with Gasteiger partial charge in [0, 0.05) is 21.8 Å². The summed E-state index contributed by atoms with van der Waals surface area (Å²) in [4.78, 5) is 0.111. The first-order chi connectivity index (χ1) is 10.0. The molecule has 110 valence electrons. The van der Waals surface area contributed by atoms with Gasteiger partial charge in [0.15, 0.2) is 0 Å². The van der Waals surface area contributed by atoms with Crippen LogP contribution in [0.2, 0.25) is 15.1 Å². The van der Waals surface area contributed by atoms with Crippen molar-refractivity contribution in [3.63, 3.8) is 0 Å². The summed E-state index contributed by atoms with van der Waals surface area (Å²) < 4.78 is 5.75. The van der Waals surface area contributed by atoms with Crippen LogP contribution < -0.4 is 4.74 Å². The van der Waals surface area contributed by atoms with E-state index in [9.17, 15) is 0 Å². The Balaban J connectivity index is 1.89. The topological polar surface area (TPSA) is 9.23 Å². The first kappa shape index (κ1) is 15.5. The van der Waals surface area contributed by atoms with Crippen LogP contribution in [-0.4, -0.2) is 6.61 Å². The van der Waals surface area contributed by atoms with Crippen molar-refractivity contribution in [1.29, 1.82) is 0 Å². The van der Waals surface area contributed by atoms with Gasteiger partial charge >= 0.3 is 0 Å². The summed E-state index contributed by atoms with van der Waals surface area (Å²) in [5, 5.41) is 1.88. The second-order valence-corrected chi connectivity index (χ2v) is 7.36. The molecule has 1 atom stereocenters. The summed E-state index contributed by atoms with van der Waals surface area (Å²) in [5.41, 5.74) is 3.37. The molecule has 1 aliphatic heterocycles. The van der Waals surface area contributed by atoms with Crippen molar-refractivity contribution >= 4 is 50.7 Å². The van der Waals surface area contributed by atoms with E-state index in [1.807, 2.05) is 30.3 Å². The van der Waals surface area contributed by atoms with Gasteiger partial charge in [-0.05, 0) is 41.8 Å². The van der Waals surface area contributed by atoms with E-state index in [1.54, 1.807) is 0 Å². The Morgan fingerprint density at radius 1 is 1.10 bits per heavy atom. The maximum Gasteiger partial charge on any atom is 0.127 e. The SMILES string of the molecule is Clc1cc2c(c(C(Br)Cc3ccc(Cl)c(Cl)c3)c1)OCC2. The summed E-state index contributed by atoms with van der Waals surface area (Å²) in [6.45, 7) is 0.717. The molecule has 0 spiro atoms. The summed E-state index contributed by atoms with van der Waals surface area (Å²) in [6, 6.07) is 9.63. The molecule has 0 fully saturated rings. The van der Waals surface area contributed by atoms with Crippen LogP contribution in [0.15, 0.2) is 30.3 Å². The van der Waals surface area contributed by atoms with Gasteiger partial charge in [-0.1, -0.05) is 56.8 Å². The van der Waals surface area contributed by atoms with Crippen LogP contribution in [-0.2, 0) is 12.8 Å². The molecule has 0 radical (unpaired) electrons. The zero-order valence-corrected chi connectivity index (χ0v) is 14.9. The number of hydrogen-bond donors (Lipinski definition) is 0. The Morgan fingerprint density at radius 2 is 1.90 bits per heavy atom. The van der Waals surface area contributed by atoms with Crippen LogP contribution in [0, 0.1) is 0 Å². The fourth-order valence-corrected chi connectivity index (χ4v) is 3.80. The first-order valence-electron chi connectivity index (χ1n) is 6.57. The van der Waals surface area contributed by atoms with E-state index in [-0.39, 0.29) is 4.83 Å². The van der Waals surface area contributed by atoms with Crippen LogP contribution in [0.1, 0.15) is 21.5 Å². The van der Waals surface area contributed by atoms with Crippen molar-refractivity contribution in [2.75, 3.05) is 6.61 Å². The van der Waals surface area contributed by atoms with E-state index in [1.165, 1.54) is 5.56 Å². The maximum atomic E-state index is 6.21. The standard InChI is InChI=1S/C16H12BrCl3O/c17-13(5-9-1-2-14(19)15(20)6-9)12-8-11(18)7-10-3-4-21-16(10)12/h1-2,6-8,13H,3-5H2. The molecule has 21 heavy (non-hydrogen) atoms. The van der Waals surface area contributed by atoms with Crippen molar-refractivity contribution < 1.29 is 4.74 Å². The molecule has 0 N–H and O–H groups in total. The molecular weight excluding hydrogens is 394 g/mol. The summed E-state index contributed by atoms with van der Waals surface area (Å²) in [7, 11) is 0. The van der Waals surface area contributed by atoms with Crippen LogP contribution in [0.5, 0.6) is 5.75 Å². The fraction of sp³-hybridized carbons (Fsp3) is 0.250. The second-order valence-electron chi connectivity index (χ2n) is 5.00. The van der Waals surface area contributed by atoms with Gasteiger partial charge in [-0.2, -0.15) is 0 Å². The van der Waals surface area contributed by atoms with Crippen LogP contribution in [0.25, 0.3) is 0 Å². The van der Waals surface area contributed by atoms with Crippen LogP contribution >= 0.6 is 50.7 Å². The van der Waals surface area contributed by atoms with Crippen molar-refractivity contribution in [1.82, 2.24) is 0 Å². The monoisotopic (exact) mass is 404 g/mol. The minimum absolute atomic E-state index is 0.111. The summed E-state index contributed by atoms with van der Waals surface area (Å²) in [6.07, 6.45) is 1.70. The summed E-state index contributed by atoms with van der Waals surface area (Å²) in [5.74, 6) is 0.960. The molecule has 0 saturated heterocycles. The quantitative estimate of drug-likeness (QED) is 0.547. The second kappa shape index (κ2) is 6.37. The van der Waals surface area contributed by atoms with E-state index in [2.05, 4.69) is 15.9 Å². The molecule has 1 unspecified atom stereocenters. The molecule has 0 saturated carbocycles. The number of fused-ring (bicyclic) bond motifs is 1. The molecule has 1 nitrogen and oxygen atoms in total.